The molecule has 1 aliphatic heterocycles. The van der Waals surface area contributed by atoms with Crippen LogP contribution in [-0.4, -0.2) is 31.0 Å². The molecule has 1 N–H and O–H groups in total. The molecule has 0 aromatic heterocycles. The van der Waals surface area contributed by atoms with Gasteiger partial charge in [-0.15, -0.1) is 0 Å². The number of carbonyl (C=O) groups excluding carboxylic acids is 2. The summed E-state index contributed by atoms with van der Waals surface area (Å²) in [7, 11) is 2.99. The van der Waals surface area contributed by atoms with E-state index in [1.807, 2.05) is 25.1 Å². The predicted molar refractivity (Wildman–Crippen MR) is 127 cm³/mol. The van der Waals surface area contributed by atoms with Gasteiger partial charge in [0, 0.05) is 11.3 Å². The molecule has 6 nitrogen and oxygen atoms in total. The van der Waals surface area contributed by atoms with Gasteiger partial charge in [0.1, 0.15) is 17.3 Å². The first-order chi connectivity index (χ1) is 15.8. The second-order valence-corrected chi connectivity index (χ2v) is 8.04. The fraction of sp³-hybridized carbons (Fsp3) is 0.154. The van der Waals surface area contributed by atoms with Crippen LogP contribution in [0.15, 0.2) is 72.3 Å². The number of Topliss-reactive ketones (excluding diaryl/α,β-unsaturated/α-hetero) is 1. The van der Waals surface area contributed by atoms with Crippen molar-refractivity contribution in [1.82, 2.24) is 0 Å². The second kappa shape index (κ2) is 9.00. The topological polar surface area (TPSA) is 76.1 Å². The van der Waals surface area contributed by atoms with Gasteiger partial charge in [0.05, 0.1) is 30.9 Å². The van der Waals surface area contributed by atoms with Crippen LogP contribution in [-0.2, 0) is 9.59 Å². The number of benzene rings is 3. The zero-order chi connectivity index (χ0) is 23.7. The molecule has 0 saturated carbocycles. The number of rotatable bonds is 5. The molecule has 1 aliphatic rings. The molecule has 1 heterocycles. The normalized spacial score (nSPS) is 17.3. The molecule has 7 heteroatoms. The number of methoxy groups -OCH3 is 2. The monoisotopic (exact) mass is 463 g/mol. The second-order valence-electron chi connectivity index (χ2n) is 7.63. The maximum absolute atomic E-state index is 13.3. The Morgan fingerprint density at radius 3 is 2.42 bits per heavy atom. The lowest BCUT2D eigenvalue weighted by Gasteiger charge is -2.26. The zero-order valence-electron chi connectivity index (χ0n) is 18.3. The number of aliphatic hydroxyl groups is 1. The molecule has 1 fully saturated rings. The van der Waals surface area contributed by atoms with Crippen molar-refractivity contribution in [2.24, 2.45) is 0 Å². The Kier molecular flexibility index (Phi) is 6.11. The van der Waals surface area contributed by atoms with Crippen molar-refractivity contribution >= 4 is 34.7 Å². The first-order valence-corrected chi connectivity index (χ1v) is 10.6. The van der Waals surface area contributed by atoms with Crippen LogP contribution in [0.2, 0.25) is 5.02 Å². The van der Waals surface area contributed by atoms with Crippen molar-refractivity contribution in [3.63, 3.8) is 0 Å². The quantitative estimate of drug-likeness (QED) is 0.316. The van der Waals surface area contributed by atoms with Gasteiger partial charge in [0.25, 0.3) is 11.7 Å². The summed E-state index contributed by atoms with van der Waals surface area (Å²) in [5.41, 5.74) is 2.39. The molecule has 33 heavy (non-hydrogen) atoms. The fourth-order valence-corrected chi connectivity index (χ4v) is 4.16. The maximum atomic E-state index is 13.3. The number of nitrogens with zero attached hydrogens (tertiary/aromatic N) is 1. The van der Waals surface area contributed by atoms with Crippen molar-refractivity contribution in [2.45, 2.75) is 13.0 Å². The number of ketones is 1. The van der Waals surface area contributed by atoms with Gasteiger partial charge in [-0.05, 0) is 60.5 Å². The summed E-state index contributed by atoms with van der Waals surface area (Å²) in [6.07, 6.45) is 0. The summed E-state index contributed by atoms with van der Waals surface area (Å²) in [6.45, 7) is 1.90. The highest BCUT2D eigenvalue weighted by Gasteiger charge is 2.47. The number of carbonyl (C=O) groups is 2. The van der Waals surface area contributed by atoms with E-state index in [0.29, 0.717) is 33.3 Å². The SMILES string of the molecule is COc1cccc(C2/C(=C(/O)c3ccc(Cl)c(OC)c3)C(=O)C(=O)N2c2cccc(C)c2)c1. The van der Waals surface area contributed by atoms with E-state index >= 15 is 0 Å². The van der Waals surface area contributed by atoms with Gasteiger partial charge in [-0.1, -0.05) is 35.9 Å². The molecule has 0 spiro atoms. The number of hydrogen-bond donors (Lipinski definition) is 1. The minimum atomic E-state index is -0.858. The molecule has 0 radical (unpaired) electrons. The number of amides is 1. The van der Waals surface area contributed by atoms with E-state index < -0.39 is 17.7 Å². The third-order valence-electron chi connectivity index (χ3n) is 5.56. The lowest BCUT2D eigenvalue weighted by Crippen LogP contribution is -2.29. The number of halogens is 1. The Hall–Kier alpha value is -3.77. The Morgan fingerprint density at radius 2 is 1.73 bits per heavy atom. The molecule has 1 unspecified atom stereocenters. The molecule has 168 valence electrons. The standard InChI is InChI=1S/C26H22ClNO5/c1-15-6-4-8-18(12-15)28-23(16-7-5-9-19(13-16)32-2)22(25(30)26(28)31)24(29)17-10-11-20(27)21(14-17)33-3/h4-14,23,29H,1-3H3/b24-22-. The number of hydrogen-bond acceptors (Lipinski definition) is 5. The van der Waals surface area contributed by atoms with Crippen molar-refractivity contribution in [3.05, 3.63) is 94.0 Å². The maximum Gasteiger partial charge on any atom is 0.300 e. The summed E-state index contributed by atoms with van der Waals surface area (Å²) >= 11 is 6.12. The summed E-state index contributed by atoms with van der Waals surface area (Å²) in [5.74, 6) is -0.917. The van der Waals surface area contributed by atoms with Gasteiger partial charge in [-0.3, -0.25) is 14.5 Å². The summed E-state index contributed by atoms with van der Waals surface area (Å²) in [6, 6.07) is 18.2. The minimum Gasteiger partial charge on any atom is -0.507 e. The van der Waals surface area contributed by atoms with Gasteiger partial charge >= 0.3 is 0 Å². The zero-order valence-corrected chi connectivity index (χ0v) is 19.1. The van der Waals surface area contributed by atoms with Gasteiger partial charge in [0.15, 0.2) is 0 Å². The van der Waals surface area contributed by atoms with Crippen molar-refractivity contribution < 1.29 is 24.2 Å². The third-order valence-corrected chi connectivity index (χ3v) is 5.87. The first kappa shape index (κ1) is 22.4. The largest absolute Gasteiger partial charge is 0.507 e. The Labute approximate surface area is 196 Å². The number of aryl methyl sites for hydroxylation is 1. The van der Waals surface area contributed by atoms with Crippen LogP contribution in [0.1, 0.15) is 22.7 Å². The van der Waals surface area contributed by atoms with E-state index in [9.17, 15) is 14.7 Å². The Bertz CT molecular complexity index is 1280. The van der Waals surface area contributed by atoms with E-state index in [2.05, 4.69) is 0 Å². The molecule has 4 rings (SSSR count). The van der Waals surface area contributed by atoms with Crippen LogP contribution in [0.4, 0.5) is 5.69 Å². The van der Waals surface area contributed by atoms with E-state index in [-0.39, 0.29) is 11.3 Å². The van der Waals surface area contributed by atoms with Gasteiger partial charge in [0.2, 0.25) is 0 Å². The van der Waals surface area contributed by atoms with Gasteiger partial charge in [-0.25, -0.2) is 0 Å². The Balaban J connectivity index is 1.97. The summed E-state index contributed by atoms with van der Waals surface area (Å²) in [4.78, 5) is 27.9. The minimum absolute atomic E-state index is 0.0286. The van der Waals surface area contributed by atoms with Crippen molar-refractivity contribution in [1.29, 1.82) is 0 Å². The fourth-order valence-electron chi connectivity index (χ4n) is 3.97. The molecular formula is C26H22ClNO5. The molecule has 0 bridgehead atoms. The lowest BCUT2D eigenvalue weighted by atomic mass is 9.95. The summed E-state index contributed by atoms with van der Waals surface area (Å²) in [5, 5.41) is 11.6. The number of aliphatic hydroxyl groups excluding tert-OH is 1. The molecule has 1 atom stereocenters. The highest BCUT2D eigenvalue weighted by molar-refractivity contribution is 6.51. The molecular weight excluding hydrogens is 442 g/mol. The van der Waals surface area contributed by atoms with Gasteiger partial charge < -0.3 is 14.6 Å². The average Bonchev–Trinajstić information content (AvgIpc) is 3.09. The average molecular weight is 464 g/mol. The number of ether oxygens (including phenoxy) is 2. The van der Waals surface area contributed by atoms with Crippen LogP contribution in [0.5, 0.6) is 11.5 Å². The van der Waals surface area contributed by atoms with Crippen LogP contribution in [0.25, 0.3) is 5.76 Å². The van der Waals surface area contributed by atoms with Gasteiger partial charge in [-0.2, -0.15) is 0 Å². The van der Waals surface area contributed by atoms with E-state index in [1.54, 1.807) is 42.5 Å². The number of anilines is 1. The first-order valence-electron chi connectivity index (χ1n) is 10.2. The third kappa shape index (κ3) is 4.05. The lowest BCUT2D eigenvalue weighted by molar-refractivity contribution is -0.132. The molecule has 1 amide bonds. The molecule has 1 saturated heterocycles. The van der Waals surface area contributed by atoms with Crippen molar-refractivity contribution in [3.8, 4) is 11.5 Å². The highest BCUT2D eigenvalue weighted by Crippen LogP contribution is 2.43. The van der Waals surface area contributed by atoms with Crippen molar-refractivity contribution in [2.75, 3.05) is 19.1 Å². The van der Waals surface area contributed by atoms with E-state index in [0.717, 1.165) is 5.56 Å². The molecule has 0 aliphatic carbocycles. The Morgan fingerprint density at radius 1 is 0.970 bits per heavy atom. The van der Waals surface area contributed by atoms with Crippen LogP contribution < -0.4 is 14.4 Å². The molecule has 3 aromatic carbocycles. The highest BCUT2D eigenvalue weighted by atomic mass is 35.5. The summed E-state index contributed by atoms with van der Waals surface area (Å²) < 4.78 is 10.6. The van der Waals surface area contributed by atoms with Crippen LogP contribution in [0.3, 0.4) is 0 Å². The van der Waals surface area contributed by atoms with E-state index in [4.69, 9.17) is 21.1 Å². The van der Waals surface area contributed by atoms with E-state index in [1.165, 1.54) is 25.2 Å². The smallest absolute Gasteiger partial charge is 0.300 e. The van der Waals surface area contributed by atoms with Crippen LogP contribution >= 0.6 is 11.6 Å². The van der Waals surface area contributed by atoms with Crippen LogP contribution in [0, 0.1) is 6.92 Å². The molecule has 3 aromatic rings. The predicted octanol–water partition coefficient (Wildman–Crippen LogP) is 5.29.